The Labute approximate surface area is 140 Å². The number of carbonyl (C=O) groups excluding carboxylic acids is 1. The van der Waals surface area contributed by atoms with E-state index in [0.29, 0.717) is 17.0 Å². The van der Waals surface area contributed by atoms with Crippen LogP contribution in [0.3, 0.4) is 0 Å². The zero-order valence-corrected chi connectivity index (χ0v) is 14.0. The van der Waals surface area contributed by atoms with Crippen molar-refractivity contribution in [1.82, 2.24) is 19.9 Å². The van der Waals surface area contributed by atoms with E-state index in [4.69, 9.17) is 0 Å². The first-order valence-electron chi connectivity index (χ1n) is 8.01. The average Bonchev–Trinajstić information content (AvgIpc) is 2.98. The van der Waals surface area contributed by atoms with E-state index in [2.05, 4.69) is 39.8 Å². The van der Waals surface area contributed by atoms with E-state index in [9.17, 15) is 4.79 Å². The van der Waals surface area contributed by atoms with Crippen LogP contribution in [-0.4, -0.2) is 26.5 Å². The summed E-state index contributed by atoms with van der Waals surface area (Å²) in [6, 6.07) is 12.2. The Morgan fingerprint density at radius 2 is 1.88 bits per heavy atom. The maximum Gasteiger partial charge on any atom is 0.256 e. The molecule has 0 spiro atoms. The number of nitrogens with one attached hydrogen (secondary N) is 2. The lowest BCUT2D eigenvalue weighted by Crippen LogP contribution is -2.30. The Morgan fingerprint density at radius 1 is 1.12 bits per heavy atom. The van der Waals surface area contributed by atoms with Gasteiger partial charge in [0.25, 0.3) is 5.91 Å². The first-order chi connectivity index (χ1) is 11.5. The molecular formula is C18H21N5O. The van der Waals surface area contributed by atoms with Gasteiger partial charge in [0.15, 0.2) is 5.65 Å². The third-order valence-electron chi connectivity index (χ3n) is 3.70. The van der Waals surface area contributed by atoms with Crippen LogP contribution < -0.4 is 10.6 Å². The highest BCUT2D eigenvalue weighted by molar-refractivity contribution is 5.99. The molecule has 0 aliphatic rings. The lowest BCUT2D eigenvalue weighted by atomic mass is 10.1. The molecule has 0 fully saturated rings. The maximum atomic E-state index is 12.3. The molecule has 124 valence electrons. The summed E-state index contributed by atoms with van der Waals surface area (Å²) in [5.41, 5.74) is 2.18. The number of aromatic nitrogens is 3. The first kappa shape index (κ1) is 16.0. The average molecular weight is 323 g/mol. The second-order valence-electron chi connectivity index (χ2n) is 6.04. The Hall–Kier alpha value is -2.89. The van der Waals surface area contributed by atoms with Gasteiger partial charge in [0.1, 0.15) is 11.4 Å². The number of fused-ring (bicyclic) bond motifs is 1. The van der Waals surface area contributed by atoms with Crippen molar-refractivity contribution < 1.29 is 4.79 Å². The van der Waals surface area contributed by atoms with E-state index in [-0.39, 0.29) is 18.0 Å². The number of carbonyl (C=O) groups is 1. The van der Waals surface area contributed by atoms with Crippen LogP contribution in [0.25, 0.3) is 5.65 Å². The van der Waals surface area contributed by atoms with Crippen LogP contribution in [-0.2, 0) is 0 Å². The lowest BCUT2D eigenvalue weighted by Gasteiger charge is -2.15. The molecule has 2 heterocycles. The van der Waals surface area contributed by atoms with Gasteiger partial charge < -0.3 is 10.6 Å². The van der Waals surface area contributed by atoms with Gasteiger partial charge in [-0.1, -0.05) is 30.3 Å². The molecule has 0 saturated carbocycles. The molecule has 0 saturated heterocycles. The first-order valence-corrected chi connectivity index (χ1v) is 8.01. The van der Waals surface area contributed by atoms with Crippen molar-refractivity contribution in [2.24, 2.45) is 0 Å². The largest absolute Gasteiger partial charge is 0.363 e. The minimum atomic E-state index is -0.166. The van der Waals surface area contributed by atoms with Gasteiger partial charge in [0, 0.05) is 18.3 Å². The summed E-state index contributed by atoms with van der Waals surface area (Å²) in [4.78, 5) is 16.8. The van der Waals surface area contributed by atoms with Crippen LogP contribution in [0.2, 0.25) is 0 Å². The van der Waals surface area contributed by atoms with E-state index in [1.54, 1.807) is 16.9 Å². The van der Waals surface area contributed by atoms with Crippen LogP contribution in [0.15, 0.2) is 48.8 Å². The smallest absolute Gasteiger partial charge is 0.256 e. The second kappa shape index (κ2) is 6.70. The van der Waals surface area contributed by atoms with Crippen molar-refractivity contribution in [3.05, 3.63) is 59.9 Å². The molecule has 1 amide bonds. The Bertz CT molecular complexity index is 841. The fourth-order valence-corrected chi connectivity index (χ4v) is 2.50. The summed E-state index contributed by atoms with van der Waals surface area (Å²) in [6.07, 6.45) is 3.35. The van der Waals surface area contributed by atoms with Crippen molar-refractivity contribution in [3.8, 4) is 0 Å². The van der Waals surface area contributed by atoms with E-state index >= 15 is 0 Å². The van der Waals surface area contributed by atoms with Crippen LogP contribution in [0.4, 0.5) is 5.82 Å². The molecule has 2 aromatic heterocycles. The molecule has 24 heavy (non-hydrogen) atoms. The van der Waals surface area contributed by atoms with Crippen molar-refractivity contribution in [3.63, 3.8) is 0 Å². The third kappa shape index (κ3) is 3.37. The number of nitrogens with zero attached hydrogens (tertiary/aromatic N) is 3. The van der Waals surface area contributed by atoms with Gasteiger partial charge in [-0.15, -0.1) is 0 Å². The Kier molecular flexibility index (Phi) is 4.46. The van der Waals surface area contributed by atoms with Crippen LogP contribution in [0.1, 0.15) is 42.7 Å². The number of anilines is 1. The van der Waals surface area contributed by atoms with Gasteiger partial charge in [0.05, 0.1) is 6.20 Å². The molecule has 1 atom stereocenters. The quantitative estimate of drug-likeness (QED) is 0.757. The molecule has 6 nitrogen and oxygen atoms in total. The fourth-order valence-electron chi connectivity index (χ4n) is 2.50. The van der Waals surface area contributed by atoms with E-state index < -0.39 is 0 Å². The van der Waals surface area contributed by atoms with Crippen LogP contribution in [0.5, 0.6) is 0 Å². The van der Waals surface area contributed by atoms with Gasteiger partial charge in [-0.3, -0.25) is 4.79 Å². The highest BCUT2D eigenvalue weighted by Gasteiger charge is 2.15. The highest BCUT2D eigenvalue weighted by atomic mass is 16.1. The standard InChI is InChI=1S/C18H21N5O/c1-12(2)20-18(24)15-11-19-23-10-9-16(22-17(15)23)21-13(3)14-7-5-4-6-8-14/h4-13H,1-3H3,(H,20,24)(H,21,22). The second-order valence-corrected chi connectivity index (χ2v) is 6.04. The number of hydrogen-bond donors (Lipinski definition) is 2. The zero-order valence-electron chi connectivity index (χ0n) is 14.0. The molecular weight excluding hydrogens is 302 g/mol. The number of hydrogen-bond acceptors (Lipinski definition) is 4. The number of amides is 1. The molecule has 3 rings (SSSR count). The predicted octanol–water partition coefficient (Wildman–Crippen LogP) is 3.04. The molecule has 6 heteroatoms. The summed E-state index contributed by atoms with van der Waals surface area (Å²) < 4.78 is 1.60. The molecule has 2 N–H and O–H groups in total. The van der Waals surface area contributed by atoms with E-state index in [0.717, 1.165) is 0 Å². The minimum Gasteiger partial charge on any atom is -0.363 e. The van der Waals surface area contributed by atoms with E-state index in [1.807, 2.05) is 38.1 Å². The third-order valence-corrected chi connectivity index (χ3v) is 3.70. The summed E-state index contributed by atoms with van der Waals surface area (Å²) >= 11 is 0. The van der Waals surface area contributed by atoms with Crippen molar-refractivity contribution in [1.29, 1.82) is 0 Å². The molecule has 0 aliphatic carbocycles. The zero-order chi connectivity index (χ0) is 17.1. The number of benzene rings is 1. The summed E-state index contributed by atoms with van der Waals surface area (Å²) in [7, 11) is 0. The Balaban J connectivity index is 1.86. The van der Waals surface area contributed by atoms with Gasteiger partial charge in [-0.25, -0.2) is 9.50 Å². The normalized spacial score (nSPS) is 12.3. The topological polar surface area (TPSA) is 71.3 Å². The monoisotopic (exact) mass is 323 g/mol. The molecule has 0 bridgehead atoms. The van der Waals surface area contributed by atoms with Gasteiger partial charge in [-0.2, -0.15) is 5.10 Å². The minimum absolute atomic E-state index is 0.0619. The molecule has 0 aliphatic heterocycles. The Morgan fingerprint density at radius 3 is 2.58 bits per heavy atom. The maximum absolute atomic E-state index is 12.3. The lowest BCUT2D eigenvalue weighted by molar-refractivity contribution is 0.0944. The summed E-state index contributed by atoms with van der Waals surface area (Å²) in [5, 5.41) is 10.4. The van der Waals surface area contributed by atoms with Gasteiger partial charge in [-0.05, 0) is 32.4 Å². The van der Waals surface area contributed by atoms with Crippen molar-refractivity contribution in [2.45, 2.75) is 32.9 Å². The fraction of sp³-hybridized carbons (Fsp3) is 0.278. The van der Waals surface area contributed by atoms with Crippen molar-refractivity contribution >= 4 is 17.4 Å². The number of rotatable bonds is 5. The molecule has 1 unspecified atom stereocenters. The molecule has 1 aromatic carbocycles. The van der Waals surface area contributed by atoms with Crippen LogP contribution in [0, 0.1) is 0 Å². The van der Waals surface area contributed by atoms with E-state index in [1.165, 1.54) is 5.56 Å². The SMILES string of the molecule is CC(C)NC(=O)c1cnn2ccc(NC(C)c3ccccc3)nc12. The highest BCUT2D eigenvalue weighted by Crippen LogP contribution is 2.19. The summed E-state index contributed by atoms with van der Waals surface area (Å²) in [6.45, 7) is 5.92. The molecule has 3 aromatic rings. The van der Waals surface area contributed by atoms with Gasteiger partial charge in [0.2, 0.25) is 0 Å². The summed E-state index contributed by atoms with van der Waals surface area (Å²) in [5.74, 6) is 0.540. The van der Waals surface area contributed by atoms with Gasteiger partial charge >= 0.3 is 0 Å². The van der Waals surface area contributed by atoms with Crippen molar-refractivity contribution in [2.75, 3.05) is 5.32 Å². The van der Waals surface area contributed by atoms with Crippen LogP contribution >= 0.6 is 0 Å². The predicted molar refractivity (Wildman–Crippen MR) is 94.1 cm³/mol. The molecule has 0 radical (unpaired) electrons.